The number of aryl methyl sites for hydroxylation is 1. The number of benzene rings is 2. The van der Waals surface area contributed by atoms with Crippen LogP contribution in [-0.2, 0) is 28.7 Å². The largest absolute Gasteiger partial charge is 0.490 e. The maximum absolute atomic E-state index is 15.5. The Kier molecular flexibility index (Phi) is 8.34. The number of amides is 1. The third-order valence-corrected chi connectivity index (χ3v) is 7.47. The second-order valence-corrected chi connectivity index (χ2v) is 11.8. The van der Waals surface area contributed by atoms with E-state index in [2.05, 4.69) is 15.4 Å². The fourth-order valence-corrected chi connectivity index (χ4v) is 5.52. The van der Waals surface area contributed by atoms with Crippen LogP contribution in [0.4, 0.5) is 17.6 Å². The number of carbonyl (C=O) groups is 2. The number of hydrogen-bond donors (Lipinski definition) is 2. The average molecular weight is 629 g/mol. The van der Waals surface area contributed by atoms with Gasteiger partial charge in [0, 0.05) is 35.0 Å². The number of carbonyl (C=O) groups excluding carboxylic acids is 1. The molecule has 0 unspecified atom stereocenters. The number of carboxylic acids is 1. The number of ether oxygens (including phenoxy) is 2. The molecule has 1 aliphatic rings. The van der Waals surface area contributed by atoms with Gasteiger partial charge in [0.1, 0.15) is 0 Å². The number of aromatic nitrogens is 3. The molecule has 2 aromatic heterocycles. The van der Waals surface area contributed by atoms with Gasteiger partial charge >= 0.3 is 12.1 Å². The van der Waals surface area contributed by atoms with Gasteiger partial charge in [0.25, 0.3) is 5.91 Å². The molecular formula is C32H32F4N4O5. The minimum atomic E-state index is -4.61. The standard InChI is InChI=1S/C32H32F4N4O5/c1-16-19-10-8-12-44-27(19)22(33)13-20(16)26-25(28(30(42)43)45-31(3,4)5)17(2)38-24-14-23(39-40(24)26)29(41)37-15-18-9-6-7-11-21(18)32(34,35)36/h6-7,9,11,13-14,28H,8,10,12,15H2,1-5H3,(H,37,41)(H,42,43)/t28-/m0/s1. The maximum Gasteiger partial charge on any atom is 0.416 e. The van der Waals surface area contributed by atoms with E-state index in [9.17, 15) is 27.9 Å². The van der Waals surface area contributed by atoms with Crippen LogP contribution in [-0.4, -0.2) is 43.8 Å². The van der Waals surface area contributed by atoms with Crippen molar-refractivity contribution in [1.29, 1.82) is 0 Å². The van der Waals surface area contributed by atoms with E-state index in [-0.39, 0.29) is 39.6 Å². The summed E-state index contributed by atoms with van der Waals surface area (Å²) < 4.78 is 68.8. The molecule has 0 saturated carbocycles. The molecule has 1 atom stereocenters. The van der Waals surface area contributed by atoms with Gasteiger partial charge in [0.2, 0.25) is 0 Å². The van der Waals surface area contributed by atoms with Crippen molar-refractivity contribution in [2.45, 2.75) is 71.9 Å². The molecule has 0 spiro atoms. The first-order valence-corrected chi connectivity index (χ1v) is 14.3. The van der Waals surface area contributed by atoms with E-state index < -0.39 is 47.7 Å². The van der Waals surface area contributed by atoms with E-state index in [0.29, 0.717) is 36.1 Å². The van der Waals surface area contributed by atoms with E-state index >= 15 is 4.39 Å². The molecule has 13 heteroatoms. The zero-order chi connectivity index (χ0) is 32.8. The molecule has 2 N–H and O–H groups in total. The number of aliphatic carboxylic acids is 1. The highest BCUT2D eigenvalue weighted by molar-refractivity contribution is 5.93. The minimum Gasteiger partial charge on any atom is -0.490 e. The van der Waals surface area contributed by atoms with E-state index in [1.807, 2.05) is 0 Å². The molecule has 3 heterocycles. The number of carboxylic acid groups (broad SMARTS) is 1. The van der Waals surface area contributed by atoms with Crippen LogP contribution in [0.3, 0.4) is 0 Å². The smallest absolute Gasteiger partial charge is 0.416 e. The van der Waals surface area contributed by atoms with Crippen molar-refractivity contribution < 1.29 is 41.7 Å². The first kappa shape index (κ1) is 31.9. The quantitative estimate of drug-likeness (QED) is 0.229. The lowest BCUT2D eigenvalue weighted by molar-refractivity contribution is -0.160. The monoisotopic (exact) mass is 628 g/mol. The third-order valence-electron chi connectivity index (χ3n) is 7.47. The molecule has 1 amide bonds. The van der Waals surface area contributed by atoms with Crippen LogP contribution in [0.5, 0.6) is 5.75 Å². The van der Waals surface area contributed by atoms with Gasteiger partial charge in [-0.05, 0) is 70.7 Å². The SMILES string of the molecule is Cc1nc2cc(C(=O)NCc3ccccc3C(F)(F)F)nn2c(-c2cc(F)c3c(c2C)CCCO3)c1[C@H](OC(C)(C)C)C(=O)O. The van der Waals surface area contributed by atoms with Crippen LogP contribution in [0.25, 0.3) is 16.9 Å². The van der Waals surface area contributed by atoms with E-state index in [1.54, 1.807) is 34.6 Å². The summed E-state index contributed by atoms with van der Waals surface area (Å²) in [4.78, 5) is 30.4. The predicted molar refractivity (Wildman–Crippen MR) is 155 cm³/mol. The van der Waals surface area contributed by atoms with Crippen molar-refractivity contribution in [3.05, 3.63) is 81.4 Å². The second-order valence-electron chi connectivity index (χ2n) is 11.8. The highest BCUT2D eigenvalue weighted by Gasteiger charge is 2.35. The molecular weight excluding hydrogens is 596 g/mol. The third kappa shape index (κ3) is 6.35. The zero-order valence-corrected chi connectivity index (χ0v) is 25.3. The molecule has 5 rings (SSSR count). The van der Waals surface area contributed by atoms with Gasteiger partial charge in [0.05, 0.1) is 23.5 Å². The van der Waals surface area contributed by atoms with Crippen LogP contribution in [0.15, 0.2) is 36.4 Å². The summed E-state index contributed by atoms with van der Waals surface area (Å²) >= 11 is 0. The topological polar surface area (TPSA) is 115 Å². The molecule has 1 aliphatic heterocycles. The Labute approximate surface area is 256 Å². The van der Waals surface area contributed by atoms with Crippen LogP contribution in [0.2, 0.25) is 0 Å². The Morgan fingerprint density at radius 2 is 1.87 bits per heavy atom. The number of rotatable bonds is 7. The van der Waals surface area contributed by atoms with Gasteiger partial charge in [-0.25, -0.2) is 18.7 Å². The molecule has 238 valence electrons. The van der Waals surface area contributed by atoms with Gasteiger partial charge < -0.3 is 19.9 Å². The number of hydrogen-bond acceptors (Lipinski definition) is 6. The highest BCUT2D eigenvalue weighted by atomic mass is 19.4. The lowest BCUT2D eigenvalue weighted by Gasteiger charge is -2.28. The van der Waals surface area contributed by atoms with Gasteiger partial charge in [-0.2, -0.15) is 18.3 Å². The molecule has 45 heavy (non-hydrogen) atoms. The summed E-state index contributed by atoms with van der Waals surface area (Å²) in [5.74, 6) is -2.62. The lowest BCUT2D eigenvalue weighted by Crippen LogP contribution is -2.29. The summed E-state index contributed by atoms with van der Waals surface area (Å²) in [6.45, 7) is 8.36. The Hall–Kier alpha value is -4.52. The van der Waals surface area contributed by atoms with E-state index in [0.717, 1.165) is 6.07 Å². The number of halogens is 4. The molecule has 0 fully saturated rings. The lowest BCUT2D eigenvalue weighted by atomic mass is 9.91. The summed E-state index contributed by atoms with van der Waals surface area (Å²) in [5, 5.41) is 17.2. The highest BCUT2D eigenvalue weighted by Crippen LogP contribution is 2.41. The Morgan fingerprint density at radius 3 is 2.53 bits per heavy atom. The molecule has 0 aliphatic carbocycles. The van der Waals surface area contributed by atoms with Gasteiger partial charge in [-0.3, -0.25) is 4.79 Å². The normalized spacial score (nSPS) is 14.2. The Balaban J connectivity index is 1.68. The first-order chi connectivity index (χ1) is 21.1. The van der Waals surface area contributed by atoms with Crippen molar-refractivity contribution in [2.24, 2.45) is 0 Å². The molecule has 2 aromatic carbocycles. The summed E-state index contributed by atoms with van der Waals surface area (Å²) in [6, 6.07) is 7.46. The molecule has 0 radical (unpaired) electrons. The first-order valence-electron chi connectivity index (χ1n) is 14.3. The van der Waals surface area contributed by atoms with Crippen LogP contribution >= 0.6 is 0 Å². The fraction of sp³-hybridized carbons (Fsp3) is 0.375. The number of alkyl halides is 3. The molecule has 4 aromatic rings. The summed E-state index contributed by atoms with van der Waals surface area (Å²) in [5.41, 5.74) is 0.0998. The maximum atomic E-state index is 15.5. The number of fused-ring (bicyclic) bond motifs is 2. The van der Waals surface area contributed by atoms with Crippen molar-refractivity contribution in [3.63, 3.8) is 0 Å². The van der Waals surface area contributed by atoms with E-state index in [1.165, 1.54) is 34.8 Å². The van der Waals surface area contributed by atoms with Crippen molar-refractivity contribution in [2.75, 3.05) is 6.61 Å². The Morgan fingerprint density at radius 1 is 1.16 bits per heavy atom. The Bertz CT molecular complexity index is 1810. The van der Waals surface area contributed by atoms with Gasteiger partial charge in [0.15, 0.2) is 29.0 Å². The minimum absolute atomic E-state index is 0.110. The van der Waals surface area contributed by atoms with Crippen LogP contribution in [0.1, 0.15) is 77.3 Å². The van der Waals surface area contributed by atoms with Crippen molar-refractivity contribution in [1.82, 2.24) is 19.9 Å². The summed E-state index contributed by atoms with van der Waals surface area (Å²) in [6.07, 6.45) is -4.98. The average Bonchev–Trinajstić information content (AvgIpc) is 3.39. The zero-order valence-electron chi connectivity index (χ0n) is 25.3. The predicted octanol–water partition coefficient (Wildman–Crippen LogP) is 6.37. The van der Waals surface area contributed by atoms with E-state index in [4.69, 9.17) is 9.47 Å². The fourth-order valence-electron chi connectivity index (χ4n) is 5.52. The molecule has 0 bridgehead atoms. The van der Waals surface area contributed by atoms with Gasteiger partial charge in [-0.1, -0.05) is 18.2 Å². The second kappa shape index (κ2) is 11.8. The van der Waals surface area contributed by atoms with Crippen molar-refractivity contribution in [3.8, 4) is 17.0 Å². The summed E-state index contributed by atoms with van der Waals surface area (Å²) in [7, 11) is 0. The number of nitrogens with one attached hydrogen (secondary N) is 1. The van der Waals surface area contributed by atoms with Crippen molar-refractivity contribution >= 4 is 17.5 Å². The van der Waals surface area contributed by atoms with Gasteiger partial charge in [-0.15, -0.1) is 0 Å². The molecule has 0 saturated heterocycles. The number of nitrogens with zero attached hydrogens (tertiary/aromatic N) is 3. The molecule has 9 nitrogen and oxygen atoms in total. The van der Waals surface area contributed by atoms with Crippen LogP contribution in [0, 0.1) is 19.7 Å². The van der Waals surface area contributed by atoms with Crippen LogP contribution < -0.4 is 10.1 Å².